The van der Waals surface area contributed by atoms with E-state index in [9.17, 15) is 13.6 Å². The van der Waals surface area contributed by atoms with Gasteiger partial charge in [-0.05, 0) is 17.7 Å². The van der Waals surface area contributed by atoms with Crippen LogP contribution >= 0.6 is 0 Å². The molecule has 0 bridgehead atoms. The van der Waals surface area contributed by atoms with E-state index in [-0.39, 0.29) is 13.1 Å². The topological polar surface area (TPSA) is 40.5 Å². The van der Waals surface area contributed by atoms with Crippen molar-refractivity contribution in [3.8, 4) is 0 Å². The number of halogens is 2. The number of alkyl halides is 1. The van der Waals surface area contributed by atoms with E-state index < -0.39 is 24.0 Å². The summed E-state index contributed by atoms with van der Waals surface area (Å²) in [5.41, 5.74) is 0.473. The molecule has 1 aromatic carbocycles. The molecule has 16 heavy (non-hydrogen) atoms. The Kier molecular flexibility index (Phi) is 2.87. The minimum atomic E-state index is -1.04. The zero-order valence-corrected chi connectivity index (χ0v) is 8.44. The van der Waals surface area contributed by atoms with Crippen molar-refractivity contribution in [2.24, 2.45) is 0 Å². The lowest BCUT2D eigenvalue weighted by Crippen LogP contribution is -2.51. The van der Waals surface area contributed by atoms with Gasteiger partial charge < -0.3 is 5.11 Å². The Balaban J connectivity index is 2.19. The molecule has 1 aliphatic rings. The van der Waals surface area contributed by atoms with Gasteiger partial charge in [0.05, 0.1) is 0 Å². The van der Waals surface area contributed by atoms with Gasteiger partial charge in [0, 0.05) is 13.1 Å². The van der Waals surface area contributed by atoms with Gasteiger partial charge >= 0.3 is 5.97 Å². The number of nitrogens with zero attached hydrogens (tertiary/aromatic N) is 1. The summed E-state index contributed by atoms with van der Waals surface area (Å²) < 4.78 is 25.4. The predicted octanol–water partition coefficient (Wildman–Crippen LogP) is 1.61. The van der Waals surface area contributed by atoms with Crippen LogP contribution in [0, 0.1) is 5.82 Å². The summed E-state index contributed by atoms with van der Waals surface area (Å²) in [5, 5.41) is 9.06. The monoisotopic (exact) mass is 227 g/mol. The van der Waals surface area contributed by atoms with E-state index >= 15 is 0 Å². The maximum atomic E-state index is 12.7. The molecule has 0 amide bonds. The zero-order valence-electron chi connectivity index (χ0n) is 8.44. The highest BCUT2D eigenvalue weighted by molar-refractivity contribution is 5.75. The fourth-order valence-electron chi connectivity index (χ4n) is 1.82. The molecule has 2 rings (SSSR count). The lowest BCUT2D eigenvalue weighted by atomic mass is 10.0. The SMILES string of the molecule is O=C(O)C(c1ccc(F)cc1)N1CC(F)C1. The van der Waals surface area contributed by atoms with E-state index in [0.717, 1.165) is 0 Å². The third-order valence-corrected chi connectivity index (χ3v) is 2.65. The van der Waals surface area contributed by atoms with E-state index in [1.165, 1.54) is 29.2 Å². The molecule has 0 saturated carbocycles. The van der Waals surface area contributed by atoms with Crippen LogP contribution in [0.15, 0.2) is 24.3 Å². The van der Waals surface area contributed by atoms with Gasteiger partial charge in [0.2, 0.25) is 0 Å². The average Bonchev–Trinajstić information content (AvgIpc) is 2.18. The van der Waals surface area contributed by atoms with Crippen molar-refractivity contribution in [1.82, 2.24) is 4.90 Å². The maximum absolute atomic E-state index is 12.7. The summed E-state index contributed by atoms with van der Waals surface area (Å²) in [6, 6.07) is 4.36. The van der Waals surface area contributed by atoms with Crippen molar-refractivity contribution in [3.63, 3.8) is 0 Å². The molecule has 0 aliphatic carbocycles. The Hall–Kier alpha value is -1.49. The summed E-state index contributed by atoms with van der Waals surface area (Å²) in [7, 11) is 0. The zero-order chi connectivity index (χ0) is 11.7. The molecule has 0 radical (unpaired) electrons. The van der Waals surface area contributed by atoms with Crippen molar-refractivity contribution in [2.75, 3.05) is 13.1 Å². The first-order valence-corrected chi connectivity index (χ1v) is 4.94. The van der Waals surface area contributed by atoms with Crippen molar-refractivity contribution in [1.29, 1.82) is 0 Å². The molecule has 1 saturated heterocycles. The molecule has 86 valence electrons. The highest BCUT2D eigenvalue weighted by Crippen LogP contribution is 2.27. The van der Waals surface area contributed by atoms with Crippen LogP contribution in [0.1, 0.15) is 11.6 Å². The van der Waals surface area contributed by atoms with Crippen LogP contribution < -0.4 is 0 Å². The number of carboxylic acid groups (broad SMARTS) is 1. The Bertz CT molecular complexity index is 387. The third kappa shape index (κ3) is 2.04. The molecular weight excluding hydrogens is 216 g/mol. The molecule has 1 unspecified atom stereocenters. The lowest BCUT2D eigenvalue weighted by molar-refractivity contribution is -0.147. The normalized spacial score (nSPS) is 19.1. The first kappa shape index (κ1) is 11.0. The molecule has 1 N–H and O–H groups in total. The van der Waals surface area contributed by atoms with E-state index in [2.05, 4.69) is 0 Å². The fourth-order valence-corrected chi connectivity index (χ4v) is 1.82. The van der Waals surface area contributed by atoms with Crippen molar-refractivity contribution >= 4 is 5.97 Å². The Labute approximate surface area is 91.3 Å². The second-order valence-corrected chi connectivity index (χ2v) is 3.84. The van der Waals surface area contributed by atoms with Crippen molar-refractivity contribution in [3.05, 3.63) is 35.6 Å². The molecular formula is C11H11F2NO2. The highest BCUT2D eigenvalue weighted by Gasteiger charge is 2.37. The van der Waals surface area contributed by atoms with Gasteiger partial charge in [0.1, 0.15) is 18.0 Å². The molecule has 0 spiro atoms. The summed E-state index contributed by atoms with van der Waals surface area (Å²) in [6.07, 6.45) is -0.956. The fraction of sp³-hybridized carbons (Fsp3) is 0.364. The largest absolute Gasteiger partial charge is 0.480 e. The van der Waals surface area contributed by atoms with Gasteiger partial charge in [-0.15, -0.1) is 0 Å². The molecule has 1 heterocycles. The number of hydrogen-bond acceptors (Lipinski definition) is 2. The smallest absolute Gasteiger partial charge is 0.325 e. The summed E-state index contributed by atoms with van der Waals surface area (Å²) in [4.78, 5) is 12.6. The lowest BCUT2D eigenvalue weighted by Gasteiger charge is -2.38. The van der Waals surface area contributed by atoms with Crippen LogP contribution in [-0.2, 0) is 4.79 Å². The van der Waals surface area contributed by atoms with E-state index in [0.29, 0.717) is 5.56 Å². The number of benzene rings is 1. The van der Waals surface area contributed by atoms with Crippen molar-refractivity contribution < 1.29 is 18.7 Å². The first-order chi connectivity index (χ1) is 7.58. The molecule has 1 aromatic rings. The second kappa shape index (κ2) is 4.17. The van der Waals surface area contributed by atoms with Crippen LogP contribution in [0.5, 0.6) is 0 Å². The molecule has 1 aliphatic heterocycles. The quantitative estimate of drug-likeness (QED) is 0.852. The number of aliphatic carboxylic acids is 1. The molecule has 3 nitrogen and oxygen atoms in total. The summed E-state index contributed by atoms with van der Waals surface area (Å²) in [6.45, 7) is 0.239. The average molecular weight is 227 g/mol. The number of carbonyl (C=O) groups is 1. The van der Waals surface area contributed by atoms with Gasteiger partial charge in [-0.25, -0.2) is 8.78 Å². The van der Waals surface area contributed by atoms with Crippen LogP contribution in [-0.4, -0.2) is 35.2 Å². The van der Waals surface area contributed by atoms with Crippen LogP contribution in [0.3, 0.4) is 0 Å². The van der Waals surface area contributed by atoms with Gasteiger partial charge in [-0.1, -0.05) is 12.1 Å². The minimum Gasteiger partial charge on any atom is -0.480 e. The van der Waals surface area contributed by atoms with Gasteiger partial charge in [0.25, 0.3) is 0 Å². The minimum absolute atomic E-state index is 0.119. The molecule has 1 fully saturated rings. The van der Waals surface area contributed by atoms with Crippen LogP contribution in [0.2, 0.25) is 0 Å². The molecule has 1 atom stereocenters. The van der Waals surface area contributed by atoms with Crippen molar-refractivity contribution in [2.45, 2.75) is 12.2 Å². The standard InChI is InChI=1S/C11H11F2NO2/c12-8-3-1-7(2-4-8)10(11(15)16)14-5-9(13)6-14/h1-4,9-10H,5-6H2,(H,15,16). The van der Waals surface area contributed by atoms with Crippen LogP contribution in [0.4, 0.5) is 8.78 Å². The van der Waals surface area contributed by atoms with Gasteiger partial charge in [-0.3, -0.25) is 9.69 Å². The van der Waals surface area contributed by atoms with Crippen LogP contribution in [0.25, 0.3) is 0 Å². The first-order valence-electron chi connectivity index (χ1n) is 4.94. The summed E-state index contributed by atoms with van der Waals surface area (Å²) in [5.74, 6) is -1.46. The molecule has 0 aromatic heterocycles. The number of rotatable bonds is 3. The maximum Gasteiger partial charge on any atom is 0.325 e. The Morgan fingerprint density at radius 1 is 1.38 bits per heavy atom. The predicted molar refractivity (Wildman–Crippen MR) is 53.2 cm³/mol. The highest BCUT2D eigenvalue weighted by atomic mass is 19.1. The van der Waals surface area contributed by atoms with E-state index in [1.807, 2.05) is 0 Å². The number of carboxylic acids is 1. The second-order valence-electron chi connectivity index (χ2n) is 3.84. The van der Waals surface area contributed by atoms with Gasteiger partial charge in [0.15, 0.2) is 0 Å². The van der Waals surface area contributed by atoms with Gasteiger partial charge in [-0.2, -0.15) is 0 Å². The number of hydrogen-bond donors (Lipinski definition) is 1. The van der Waals surface area contributed by atoms with E-state index in [4.69, 9.17) is 5.11 Å². The van der Waals surface area contributed by atoms with E-state index in [1.54, 1.807) is 0 Å². The summed E-state index contributed by atoms with van der Waals surface area (Å²) >= 11 is 0. The Morgan fingerprint density at radius 3 is 2.38 bits per heavy atom. The molecule has 5 heteroatoms. The Morgan fingerprint density at radius 2 is 1.94 bits per heavy atom. The number of likely N-dealkylation sites (tertiary alicyclic amines) is 1. The third-order valence-electron chi connectivity index (χ3n) is 2.65.